The Bertz CT molecular complexity index is 835. The van der Waals surface area contributed by atoms with E-state index in [2.05, 4.69) is 21.9 Å². The number of aromatic nitrogens is 2. The highest BCUT2D eigenvalue weighted by atomic mass is 35.5. The van der Waals surface area contributed by atoms with Crippen LogP contribution in [0, 0.1) is 12.0 Å². The number of fused-ring (bicyclic) bond motifs is 1. The molecule has 0 unspecified atom stereocenters. The lowest BCUT2D eigenvalue weighted by Gasteiger charge is -2.18. The molecule has 0 N–H and O–H groups in total. The Kier molecular flexibility index (Phi) is 3.72. The van der Waals surface area contributed by atoms with Crippen LogP contribution in [0.4, 0.5) is 11.5 Å². The lowest BCUT2D eigenvalue weighted by atomic mass is 10.2. The molecule has 2 aromatic carbocycles. The Hall–Kier alpha value is -2.57. The third-order valence-electron chi connectivity index (χ3n) is 3.01. The number of hydrogen-bond acceptors (Lipinski definition) is 3. The van der Waals surface area contributed by atoms with Crippen LogP contribution in [0.5, 0.6) is 0 Å². The van der Waals surface area contributed by atoms with Crippen molar-refractivity contribution in [2.45, 2.75) is 6.92 Å². The molecule has 0 amide bonds. The van der Waals surface area contributed by atoms with Crippen LogP contribution in [-0.2, 0) is 0 Å². The predicted molar refractivity (Wildman–Crippen MR) is 86.6 cm³/mol. The molecule has 1 heterocycles. The van der Waals surface area contributed by atoms with E-state index in [4.69, 9.17) is 11.6 Å². The molecule has 1 aromatic heterocycles. The molecule has 21 heavy (non-hydrogen) atoms. The quantitative estimate of drug-likeness (QED) is 0.398. The summed E-state index contributed by atoms with van der Waals surface area (Å²) in [6.07, 6.45) is 0. The molecule has 0 bridgehead atoms. The summed E-state index contributed by atoms with van der Waals surface area (Å²) < 4.78 is 0. The van der Waals surface area contributed by atoms with Gasteiger partial charge in [-0.05, 0) is 42.8 Å². The standard InChI is InChI=1S/C17H12ClN3/c1-2-12-21(13-8-4-3-5-9-13)16-14-10-6-7-11-15(14)19-17(18)20-16/h3-11H,1H3. The van der Waals surface area contributed by atoms with Gasteiger partial charge in [0.05, 0.1) is 11.2 Å². The molecule has 3 aromatic rings. The van der Waals surface area contributed by atoms with Crippen LogP contribution in [-0.4, -0.2) is 9.97 Å². The molecule has 0 radical (unpaired) electrons. The zero-order valence-corrected chi connectivity index (χ0v) is 12.2. The van der Waals surface area contributed by atoms with E-state index >= 15 is 0 Å². The van der Waals surface area contributed by atoms with Crippen molar-refractivity contribution in [3.05, 3.63) is 59.9 Å². The smallest absolute Gasteiger partial charge is 0.224 e. The zero-order chi connectivity index (χ0) is 14.7. The maximum absolute atomic E-state index is 6.06. The topological polar surface area (TPSA) is 29.0 Å². The first-order valence-corrected chi connectivity index (χ1v) is 6.87. The monoisotopic (exact) mass is 293 g/mol. The van der Waals surface area contributed by atoms with Gasteiger partial charge in [0.15, 0.2) is 5.82 Å². The van der Waals surface area contributed by atoms with Gasteiger partial charge in [0, 0.05) is 11.4 Å². The molecule has 0 saturated carbocycles. The summed E-state index contributed by atoms with van der Waals surface area (Å²) in [5, 5.41) is 1.12. The van der Waals surface area contributed by atoms with Gasteiger partial charge in [-0.15, -0.1) is 0 Å². The Labute approximate surface area is 128 Å². The molecule has 0 saturated heterocycles. The van der Waals surface area contributed by atoms with Crippen molar-refractivity contribution in [1.29, 1.82) is 0 Å². The van der Waals surface area contributed by atoms with Crippen LogP contribution in [0.25, 0.3) is 10.9 Å². The third kappa shape index (κ3) is 2.67. The van der Waals surface area contributed by atoms with Crippen LogP contribution in [0.3, 0.4) is 0 Å². The van der Waals surface area contributed by atoms with Gasteiger partial charge in [0.25, 0.3) is 0 Å². The third-order valence-corrected chi connectivity index (χ3v) is 3.17. The van der Waals surface area contributed by atoms with Crippen LogP contribution >= 0.6 is 11.6 Å². The minimum atomic E-state index is 0.211. The van der Waals surface area contributed by atoms with Gasteiger partial charge < -0.3 is 0 Å². The molecule has 0 aliphatic rings. The number of rotatable bonds is 2. The van der Waals surface area contributed by atoms with E-state index in [1.165, 1.54) is 0 Å². The first-order valence-electron chi connectivity index (χ1n) is 6.49. The summed E-state index contributed by atoms with van der Waals surface area (Å²) in [5.41, 5.74) is 1.73. The van der Waals surface area contributed by atoms with E-state index in [-0.39, 0.29) is 5.28 Å². The number of hydrogen-bond donors (Lipinski definition) is 0. The maximum Gasteiger partial charge on any atom is 0.224 e. The maximum atomic E-state index is 6.06. The normalized spacial score (nSPS) is 10.0. The molecular formula is C17H12ClN3. The van der Waals surface area contributed by atoms with E-state index in [9.17, 15) is 0 Å². The highest BCUT2D eigenvalue weighted by Gasteiger charge is 2.14. The van der Waals surface area contributed by atoms with Crippen molar-refractivity contribution in [1.82, 2.24) is 9.97 Å². The number of para-hydroxylation sites is 2. The average Bonchev–Trinajstić information content (AvgIpc) is 2.52. The fraction of sp³-hybridized carbons (Fsp3) is 0.0588. The Morgan fingerprint density at radius 3 is 2.43 bits per heavy atom. The van der Waals surface area contributed by atoms with E-state index in [0.717, 1.165) is 16.6 Å². The van der Waals surface area contributed by atoms with Crippen LogP contribution in [0.1, 0.15) is 6.92 Å². The van der Waals surface area contributed by atoms with E-state index in [1.807, 2.05) is 59.5 Å². The first kappa shape index (κ1) is 13.4. The van der Waals surface area contributed by atoms with Gasteiger partial charge in [-0.25, -0.2) is 4.98 Å². The highest BCUT2D eigenvalue weighted by Crippen LogP contribution is 2.30. The summed E-state index contributed by atoms with van der Waals surface area (Å²) in [7, 11) is 0. The summed E-state index contributed by atoms with van der Waals surface area (Å²) in [6, 6.07) is 20.7. The van der Waals surface area contributed by atoms with Crippen molar-refractivity contribution in [2.24, 2.45) is 0 Å². The van der Waals surface area contributed by atoms with Crippen molar-refractivity contribution in [2.75, 3.05) is 4.90 Å². The van der Waals surface area contributed by atoms with Crippen molar-refractivity contribution < 1.29 is 0 Å². The molecular weight excluding hydrogens is 282 g/mol. The van der Waals surface area contributed by atoms with E-state index in [1.54, 1.807) is 6.92 Å². The number of halogens is 1. The molecule has 0 atom stereocenters. The molecule has 0 spiro atoms. The summed E-state index contributed by atoms with van der Waals surface area (Å²) in [5.74, 6) is 3.61. The summed E-state index contributed by atoms with van der Waals surface area (Å²) in [4.78, 5) is 10.5. The van der Waals surface area contributed by atoms with Crippen LogP contribution in [0.2, 0.25) is 5.28 Å². The summed E-state index contributed by atoms with van der Waals surface area (Å²) in [6.45, 7) is 1.79. The van der Waals surface area contributed by atoms with Crippen LogP contribution in [0.15, 0.2) is 54.6 Å². The van der Waals surface area contributed by atoms with E-state index in [0.29, 0.717) is 5.82 Å². The molecule has 102 valence electrons. The molecule has 0 aliphatic carbocycles. The van der Waals surface area contributed by atoms with Crippen LogP contribution < -0.4 is 4.90 Å². The number of benzene rings is 2. The Balaban J connectivity index is 2.27. The molecule has 0 fully saturated rings. The largest absolute Gasteiger partial charge is 0.252 e. The van der Waals surface area contributed by atoms with Crippen molar-refractivity contribution in [3.8, 4) is 12.0 Å². The van der Waals surface area contributed by atoms with Gasteiger partial charge in [-0.3, -0.25) is 4.90 Å². The predicted octanol–water partition coefficient (Wildman–Crippen LogP) is 4.40. The SMILES string of the molecule is CC#CN(c1ccccc1)c1nc(Cl)nc2ccccc12. The summed E-state index contributed by atoms with van der Waals surface area (Å²) >= 11 is 6.06. The Morgan fingerprint density at radius 1 is 0.952 bits per heavy atom. The Morgan fingerprint density at radius 2 is 1.67 bits per heavy atom. The molecule has 4 heteroatoms. The highest BCUT2D eigenvalue weighted by molar-refractivity contribution is 6.28. The van der Waals surface area contributed by atoms with Crippen molar-refractivity contribution >= 4 is 34.0 Å². The van der Waals surface area contributed by atoms with Gasteiger partial charge in [-0.1, -0.05) is 36.3 Å². The first-order chi connectivity index (χ1) is 10.3. The second-order valence-corrected chi connectivity index (χ2v) is 4.70. The number of anilines is 2. The number of nitrogens with zero attached hydrogens (tertiary/aromatic N) is 3. The fourth-order valence-electron chi connectivity index (χ4n) is 2.13. The molecule has 3 rings (SSSR count). The second kappa shape index (κ2) is 5.82. The lowest BCUT2D eigenvalue weighted by Crippen LogP contribution is -2.12. The van der Waals surface area contributed by atoms with E-state index < -0.39 is 0 Å². The van der Waals surface area contributed by atoms with Crippen molar-refractivity contribution in [3.63, 3.8) is 0 Å². The van der Waals surface area contributed by atoms with Gasteiger partial charge in [0.2, 0.25) is 5.28 Å². The molecule has 0 aliphatic heterocycles. The van der Waals surface area contributed by atoms with Gasteiger partial charge >= 0.3 is 0 Å². The fourth-order valence-corrected chi connectivity index (χ4v) is 2.30. The second-order valence-electron chi connectivity index (χ2n) is 4.37. The zero-order valence-electron chi connectivity index (χ0n) is 11.4. The average molecular weight is 294 g/mol. The molecule has 3 nitrogen and oxygen atoms in total. The minimum Gasteiger partial charge on any atom is -0.252 e. The minimum absolute atomic E-state index is 0.211. The van der Waals surface area contributed by atoms with Gasteiger partial charge in [-0.2, -0.15) is 4.98 Å². The van der Waals surface area contributed by atoms with Gasteiger partial charge in [0.1, 0.15) is 0 Å². The lowest BCUT2D eigenvalue weighted by molar-refractivity contribution is 1.16.